The molecule has 2 aromatic rings. The van der Waals surface area contributed by atoms with Gasteiger partial charge in [0, 0.05) is 10.9 Å². The van der Waals surface area contributed by atoms with Crippen molar-refractivity contribution in [3.63, 3.8) is 0 Å². The van der Waals surface area contributed by atoms with Gasteiger partial charge < -0.3 is 9.73 Å². The second-order valence-electron chi connectivity index (χ2n) is 3.69. The normalized spacial score (nSPS) is 10.5. The fraction of sp³-hybridized carbons (Fsp3) is 0.154. The Bertz CT molecular complexity index is 586. The summed E-state index contributed by atoms with van der Waals surface area (Å²) in [5, 5.41) is 4.22. The van der Waals surface area contributed by atoms with Gasteiger partial charge in [-0.3, -0.25) is 4.79 Å². The molecular weight excluding hydrogens is 238 g/mol. The van der Waals surface area contributed by atoms with Crippen molar-refractivity contribution in [3.8, 4) is 0 Å². The molecule has 0 saturated carbocycles. The van der Waals surface area contributed by atoms with E-state index in [0.717, 1.165) is 10.9 Å². The highest BCUT2D eigenvalue weighted by molar-refractivity contribution is 6.34. The number of furan rings is 1. The molecule has 1 amide bonds. The quantitative estimate of drug-likeness (QED) is 0.849. The summed E-state index contributed by atoms with van der Waals surface area (Å²) in [6, 6.07) is 5.59. The van der Waals surface area contributed by atoms with Crippen LogP contribution in [0.2, 0.25) is 5.02 Å². The molecule has 0 bridgehead atoms. The Morgan fingerprint density at radius 3 is 3.00 bits per heavy atom. The predicted molar refractivity (Wildman–Crippen MR) is 68.0 cm³/mol. The molecular formula is C13H12ClNO2. The van der Waals surface area contributed by atoms with Crippen LogP contribution in [-0.2, 0) is 11.3 Å². The van der Waals surface area contributed by atoms with E-state index in [1.807, 2.05) is 19.1 Å². The Labute approximate surface area is 104 Å². The van der Waals surface area contributed by atoms with E-state index in [1.165, 1.54) is 6.08 Å². The van der Waals surface area contributed by atoms with Crippen LogP contribution in [0.1, 0.15) is 11.3 Å². The average molecular weight is 250 g/mol. The van der Waals surface area contributed by atoms with Crippen LogP contribution in [0, 0.1) is 6.92 Å². The third kappa shape index (κ3) is 2.19. The first-order valence-electron chi connectivity index (χ1n) is 5.20. The van der Waals surface area contributed by atoms with Crippen LogP contribution in [0.5, 0.6) is 0 Å². The molecule has 17 heavy (non-hydrogen) atoms. The minimum Gasteiger partial charge on any atom is -0.457 e. The minimum atomic E-state index is -0.226. The van der Waals surface area contributed by atoms with Gasteiger partial charge in [-0.05, 0) is 19.1 Å². The van der Waals surface area contributed by atoms with E-state index < -0.39 is 0 Å². The van der Waals surface area contributed by atoms with Crippen molar-refractivity contribution in [2.24, 2.45) is 0 Å². The van der Waals surface area contributed by atoms with Crippen molar-refractivity contribution in [3.05, 3.63) is 47.2 Å². The van der Waals surface area contributed by atoms with Crippen LogP contribution in [0.4, 0.5) is 0 Å². The van der Waals surface area contributed by atoms with E-state index in [-0.39, 0.29) is 5.91 Å². The second-order valence-corrected chi connectivity index (χ2v) is 4.10. The summed E-state index contributed by atoms with van der Waals surface area (Å²) in [6.45, 7) is 5.67. The number of hydrogen-bond donors (Lipinski definition) is 1. The summed E-state index contributed by atoms with van der Waals surface area (Å²) in [6.07, 6.45) is 1.23. The van der Waals surface area contributed by atoms with Crippen molar-refractivity contribution in [1.82, 2.24) is 5.32 Å². The molecule has 0 atom stereocenters. The van der Waals surface area contributed by atoms with Gasteiger partial charge in [0.2, 0.25) is 5.91 Å². The Morgan fingerprint density at radius 1 is 1.59 bits per heavy atom. The average Bonchev–Trinajstić information content (AvgIpc) is 2.65. The molecule has 1 aromatic heterocycles. The second kappa shape index (κ2) is 4.63. The molecule has 1 heterocycles. The third-order valence-electron chi connectivity index (χ3n) is 2.62. The topological polar surface area (TPSA) is 42.2 Å². The summed E-state index contributed by atoms with van der Waals surface area (Å²) in [5.74, 6) is 0.485. The van der Waals surface area contributed by atoms with Crippen molar-refractivity contribution in [1.29, 1.82) is 0 Å². The zero-order valence-corrected chi connectivity index (χ0v) is 10.2. The van der Waals surface area contributed by atoms with Gasteiger partial charge in [-0.2, -0.15) is 0 Å². The van der Waals surface area contributed by atoms with Gasteiger partial charge >= 0.3 is 0 Å². The fourth-order valence-corrected chi connectivity index (χ4v) is 1.88. The lowest BCUT2D eigenvalue weighted by molar-refractivity contribution is -0.116. The molecule has 0 aliphatic heterocycles. The number of fused-ring (bicyclic) bond motifs is 1. The number of benzene rings is 1. The summed E-state index contributed by atoms with van der Waals surface area (Å²) < 4.78 is 5.64. The number of rotatable bonds is 3. The van der Waals surface area contributed by atoms with Crippen molar-refractivity contribution in [2.75, 3.05) is 0 Å². The van der Waals surface area contributed by atoms with Crippen LogP contribution in [0.25, 0.3) is 11.0 Å². The Balaban J connectivity index is 2.35. The van der Waals surface area contributed by atoms with Gasteiger partial charge in [-0.1, -0.05) is 30.3 Å². The lowest BCUT2D eigenvalue weighted by Crippen LogP contribution is -2.19. The molecule has 4 heteroatoms. The number of carbonyl (C=O) groups is 1. The molecule has 0 spiro atoms. The number of nitrogens with one attached hydrogen (secondary N) is 1. The molecule has 1 aromatic carbocycles. The largest absolute Gasteiger partial charge is 0.457 e. The minimum absolute atomic E-state index is 0.226. The number of halogens is 1. The number of carbonyl (C=O) groups excluding carboxylic acids is 1. The predicted octanol–water partition coefficient (Wildman–Crippen LogP) is 3.20. The Morgan fingerprint density at radius 2 is 2.35 bits per heavy atom. The van der Waals surface area contributed by atoms with E-state index in [1.54, 1.807) is 6.07 Å². The van der Waals surface area contributed by atoms with E-state index in [0.29, 0.717) is 22.9 Å². The van der Waals surface area contributed by atoms with Crippen LogP contribution in [0.3, 0.4) is 0 Å². The number of para-hydroxylation sites is 1. The first-order chi connectivity index (χ1) is 8.13. The zero-order valence-electron chi connectivity index (χ0n) is 9.42. The maximum atomic E-state index is 11.1. The molecule has 0 radical (unpaired) electrons. The number of amides is 1. The SMILES string of the molecule is C=CC(=O)NCc1oc2c(Cl)cccc2c1C. The number of hydrogen-bond acceptors (Lipinski definition) is 2. The summed E-state index contributed by atoms with van der Waals surface area (Å²) in [5.41, 5.74) is 1.65. The Kier molecular flexibility index (Phi) is 3.20. The van der Waals surface area contributed by atoms with Crippen LogP contribution in [-0.4, -0.2) is 5.91 Å². The number of aryl methyl sites for hydroxylation is 1. The molecule has 1 N–H and O–H groups in total. The standard InChI is InChI=1S/C13H12ClNO2/c1-3-12(16)15-7-11-8(2)9-5-4-6-10(14)13(9)17-11/h3-6H,1,7H2,2H3,(H,15,16). The van der Waals surface area contributed by atoms with Gasteiger partial charge in [0.25, 0.3) is 0 Å². The Hall–Kier alpha value is -1.74. The van der Waals surface area contributed by atoms with Gasteiger partial charge in [0.15, 0.2) is 5.58 Å². The van der Waals surface area contributed by atoms with Gasteiger partial charge in [-0.15, -0.1) is 0 Å². The molecule has 0 fully saturated rings. The van der Waals surface area contributed by atoms with E-state index >= 15 is 0 Å². The molecule has 2 rings (SSSR count). The maximum absolute atomic E-state index is 11.1. The lowest BCUT2D eigenvalue weighted by Gasteiger charge is -1.99. The van der Waals surface area contributed by atoms with Crippen LogP contribution in [0.15, 0.2) is 35.3 Å². The summed E-state index contributed by atoms with van der Waals surface area (Å²) >= 11 is 6.04. The monoisotopic (exact) mass is 249 g/mol. The highest BCUT2D eigenvalue weighted by Crippen LogP contribution is 2.30. The zero-order chi connectivity index (χ0) is 12.4. The smallest absolute Gasteiger partial charge is 0.243 e. The lowest BCUT2D eigenvalue weighted by atomic mass is 10.1. The molecule has 0 aliphatic carbocycles. The molecule has 0 aliphatic rings. The van der Waals surface area contributed by atoms with Crippen LogP contribution < -0.4 is 5.32 Å². The van der Waals surface area contributed by atoms with Crippen molar-refractivity contribution >= 4 is 28.5 Å². The van der Waals surface area contributed by atoms with E-state index in [2.05, 4.69) is 11.9 Å². The first-order valence-corrected chi connectivity index (χ1v) is 5.58. The maximum Gasteiger partial charge on any atom is 0.243 e. The van der Waals surface area contributed by atoms with Crippen molar-refractivity contribution < 1.29 is 9.21 Å². The highest BCUT2D eigenvalue weighted by atomic mass is 35.5. The van der Waals surface area contributed by atoms with Gasteiger partial charge in [0.1, 0.15) is 5.76 Å². The molecule has 88 valence electrons. The summed E-state index contributed by atoms with van der Waals surface area (Å²) in [4.78, 5) is 11.1. The third-order valence-corrected chi connectivity index (χ3v) is 2.92. The van der Waals surface area contributed by atoms with E-state index in [4.69, 9.17) is 16.0 Å². The van der Waals surface area contributed by atoms with Gasteiger partial charge in [0.05, 0.1) is 11.6 Å². The van der Waals surface area contributed by atoms with Crippen LogP contribution >= 0.6 is 11.6 Å². The molecule has 3 nitrogen and oxygen atoms in total. The van der Waals surface area contributed by atoms with Gasteiger partial charge in [-0.25, -0.2) is 0 Å². The summed E-state index contributed by atoms with van der Waals surface area (Å²) in [7, 11) is 0. The fourth-order valence-electron chi connectivity index (χ4n) is 1.67. The van der Waals surface area contributed by atoms with E-state index in [9.17, 15) is 4.79 Å². The van der Waals surface area contributed by atoms with Crippen molar-refractivity contribution in [2.45, 2.75) is 13.5 Å². The highest BCUT2D eigenvalue weighted by Gasteiger charge is 2.12. The molecule has 0 saturated heterocycles. The first kappa shape index (κ1) is 11.7. The molecule has 0 unspecified atom stereocenters.